The second-order valence-corrected chi connectivity index (χ2v) is 6.63. The van der Waals surface area contributed by atoms with Crippen LogP contribution < -0.4 is 10.2 Å². The van der Waals surface area contributed by atoms with E-state index in [1.165, 1.54) is 30.1 Å². The average Bonchev–Trinajstić information content (AvgIpc) is 3.03. The van der Waals surface area contributed by atoms with Gasteiger partial charge in [-0.3, -0.25) is 4.79 Å². The molecule has 1 amide bonds. The third kappa shape index (κ3) is 3.51. The molecule has 6 heteroatoms. The summed E-state index contributed by atoms with van der Waals surface area (Å²) in [4.78, 5) is 23.2. The van der Waals surface area contributed by atoms with Crippen molar-refractivity contribution in [3.05, 3.63) is 83.4 Å². The van der Waals surface area contributed by atoms with Gasteiger partial charge in [-0.15, -0.1) is 0 Å². The predicted octanol–water partition coefficient (Wildman–Crippen LogP) is 3.63. The second-order valence-electron chi connectivity index (χ2n) is 6.63. The lowest BCUT2D eigenvalue weighted by molar-refractivity contribution is 0.0950. The van der Waals surface area contributed by atoms with Crippen molar-refractivity contribution >= 4 is 17.5 Å². The van der Waals surface area contributed by atoms with E-state index in [0.29, 0.717) is 18.1 Å². The standard InChI is InChI=1S/C21H19FN4O/c1-14-10-16-4-2-3-5-19(16)26(14)21-24-12-17(13-25-21)20(27)23-11-15-6-8-18(22)9-7-15/h2-9,12-14H,10-11H2,1H3,(H,23,27). The summed E-state index contributed by atoms with van der Waals surface area (Å²) in [6.07, 6.45) is 4.02. The summed E-state index contributed by atoms with van der Waals surface area (Å²) in [6, 6.07) is 14.5. The average molecular weight is 362 g/mol. The van der Waals surface area contributed by atoms with E-state index >= 15 is 0 Å². The normalized spacial score (nSPS) is 15.5. The van der Waals surface area contributed by atoms with Gasteiger partial charge in [-0.2, -0.15) is 0 Å². The number of carbonyl (C=O) groups is 1. The van der Waals surface area contributed by atoms with E-state index in [9.17, 15) is 9.18 Å². The molecule has 136 valence electrons. The van der Waals surface area contributed by atoms with E-state index in [1.54, 1.807) is 12.1 Å². The molecule has 27 heavy (non-hydrogen) atoms. The van der Waals surface area contributed by atoms with Crippen LogP contribution in [0.2, 0.25) is 0 Å². The van der Waals surface area contributed by atoms with Crippen LogP contribution in [0.25, 0.3) is 0 Å². The smallest absolute Gasteiger partial charge is 0.254 e. The van der Waals surface area contributed by atoms with Crippen molar-refractivity contribution < 1.29 is 9.18 Å². The highest BCUT2D eigenvalue weighted by molar-refractivity contribution is 5.93. The number of carbonyl (C=O) groups excluding carboxylic acids is 1. The molecule has 1 aliphatic heterocycles. The van der Waals surface area contributed by atoms with Gasteiger partial charge >= 0.3 is 0 Å². The van der Waals surface area contributed by atoms with Gasteiger partial charge in [0.2, 0.25) is 5.95 Å². The highest BCUT2D eigenvalue weighted by Gasteiger charge is 2.28. The number of para-hydroxylation sites is 1. The molecule has 0 bridgehead atoms. The summed E-state index contributed by atoms with van der Waals surface area (Å²) in [5.74, 6) is 0.0232. The first-order valence-electron chi connectivity index (χ1n) is 8.83. The van der Waals surface area contributed by atoms with Crippen molar-refractivity contribution in [2.45, 2.75) is 25.9 Å². The molecular weight excluding hydrogens is 343 g/mol. The molecule has 0 saturated carbocycles. The van der Waals surface area contributed by atoms with Gasteiger partial charge in [-0.1, -0.05) is 30.3 Å². The number of hydrogen-bond donors (Lipinski definition) is 1. The summed E-state index contributed by atoms with van der Waals surface area (Å²) < 4.78 is 12.9. The third-order valence-corrected chi connectivity index (χ3v) is 4.69. The number of nitrogens with zero attached hydrogens (tertiary/aromatic N) is 3. The Bertz CT molecular complexity index is 957. The number of nitrogens with one attached hydrogen (secondary N) is 1. The van der Waals surface area contributed by atoms with Crippen LogP contribution in [0.15, 0.2) is 60.9 Å². The molecule has 1 aliphatic rings. The summed E-state index contributed by atoms with van der Waals surface area (Å²) >= 11 is 0. The van der Waals surface area contributed by atoms with Crippen LogP contribution >= 0.6 is 0 Å². The Morgan fingerprint density at radius 1 is 1.15 bits per heavy atom. The maximum absolute atomic E-state index is 12.9. The van der Waals surface area contributed by atoms with Gasteiger partial charge in [0.25, 0.3) is 5.91 Å². The van der Waals surface area contributed by atoms with E-state index in [4.69, 9.17) is 0 Å². The van der Waals surface area contributed by atoms with Crippen LogP contribution in [0.1, 0.15) is 28.4 Å². The van der Waals surface area contributed by atoms with E-state index in [2.05, 4.69) is 39.2 Å². The molecule has 0 aliphatic carbocycles. The summed E-state index contributed by atoms with van der Waals surface area (Å²) in [6.45, 7) is 2.45. The Kier molecular flexibility index (Phi) is 4.54. The number of amides is 1. The van der Waals surface area contributed by atoms with Gasteiger partial charge in [-0.25, -0.2) is 14.4 Å². The minimum Gasteiger partial charge on any atom is -0.348 e. The van der Waals surface area contributed by atoms with Crippen LogP contribution in [-0.2, 0) is 13.0 Å². The van der Waals surface area contributed by atoms with Crippen LogP contribution in [0.3, 0.4) is 0 Å². The van der Waals surface area contributed by atoms with Gasteiger partial charge in [0, 0.05) is 30.7 Å². The number of aromatic nitrogens is 2. The lowest BCUT2D eigenvalue weighted by Crippen LogP contribution is -2.27. The highest BCUT2D eigenvalue weighted by atomic mass is 19.1. The number of fused-ring (bicyclic) bond motifs is 1. The zero-order chi connectivity index (χ0) is 18.8. The first-order chi connectivity index (χ1) is 13.1. The topological polar surface area (TPSA) is 58.1 Å². The fourth-order valence-corrected chi connectivity index (χ4v) is 3.32. The maximum atomic E-state index is 12.9. The molecule has 0 radical (unpaired) electrons. The maximum Gasteiger partial charge on any atom is 0.254 e. The van der Waals surface area contributed by atoms with Gasteiger partial charge < -0.3 is 10.2 Å². The number of halogens is 1. The monoisotopic (exact) mass is 362 g/mol. The van der Waals surface area contributed by atoms with Crippen molar-refractivity contribution in [2.24, 2.45) is 0 Å². The molecule has 2 heterocycles. The van der Waals surface area contributed by atoms with E-state index in [1.807, 2.05) is 12.1 Å². The fourth-order valence-electron chi connectivity index (χ4n) is 3.32. The summed E-state index contributed by atoms with van der Waals surface area (Å²) in [5, 5.41) is 2.79. The van der Waals surface area contributed by atoms with Crippen LogP contribution in [-0.4, -0.2) is 21.9 Å². The largest absolute Gasteiger partial charge is 0.348 e. The van der Waals surface area contributed by atoms with Crippen molar-refractivity contribution in [3.8, 4) is 0 Å². The molecule has 1 N–H and O–H groups in total. The molecule has 1 atom stereocenters. The van der Waals surface area contributed by atoms with E-state index < -0.39 is 0 Å². The quantitative estimate of drug-likeness (QED) is 0.770. The minimum absolute atomic E-state index is 0.263. The zero-order valence-electron chi connectivity index (χ0n) is 14.9. The van der Waals surface area contributed by atoms with Gasteiger partial charge in [-0.05, 0) is 42.7 Å². The van der Waals surface area contributed by atoms with Crippen LogP contribution in [0.5, 0.6) is 0 Å². The first-order valence-corrected chi connectivity index (χ1v) is 8.83. The highest BCUT2D eigenvalue weighted by Crippen LogP contribution is 2.36. The number of hydrogen-bond acceptors (Lipinski definition) is 4. The van der Waals surface area contributed by atoms with Crippen molar-refractivity contribution in [1.29, 1.82) is 0 Å². The Morgan fingerprint density at radius 2 is 1.85 bits per heavy atom. The molecule has 0 saturated heterocycles. The van der Waals surface area contributed by atoms with Crippen LogP contribution in [0, 0.1) is 5.82 Å². The van der Waals surface area contributed by atoms with Crippen molar-refractivity contribution in [2.75, 3.05) is 4.90 Å². The van der Waals surface area contributed by atoms with Crippen LogP contribution in [0.4, 0.5) is 16.0 Å². The summed E-state index contributed by atoms with van der Waals surface area (Å²) in [5.41, 5.74) is 3.60. The Labute approximate surface area is 156 Å². The zero-order valence-corrected chi connectivity index (χ0v) is 14.9. The first kappa shape index (κ1) is 17.1. The second kappa shape index (κ2) is 7.15. The molecule has 0 spiro atoms. The molecule has 1 unspecified atom stereocenters. The number of rotatable bonds is 4. The molecular formula is C21H19FN4O. The number of anilines is 2. The Morgan fingerprint density at radius 3 is 2.59 bits per heavy atom. The predicted molar refractivity (Wildman–Crippen MR) is 101 cm³/mol. The lowest BCUT2D eigenvalue weighted by Gasteiger charge is -2.22. The number of benzene rings is 2. The molecule has 1 aromatic heterocycles. The Hall–Kier alpha value is -3.28. The lowest BCUT2D eigenvalue weighted by atomic mass is 10.1. The minimum atomic E-state index is -0.299. The molecule has 5 nitrogen and oxygen atoms in total. The van der Waals surface area contributed by atoms with Crippen molar-refractivity contribution in [1.82, 2.24) is 15.3 Å². The van der Waals surface area contributed by atoms with E-state index in [0.717, 1.165) is 17.7 Å². The molecule has 4 rings (SSSR count). The van der Waals surface area contributed by atoms with Gasteiger partial charge in [0.1, 0.15) is 5.82 Å². The van der Waals surface area contributed by atoms with E-state index in [-0.39, 0.29) is 17.8 Å². The van der Waals surface area contributed by atoms with Crippen molar-refractivity contribution in [3.63, 3.8) is 0 Å². The Balaban J connectivity index is 1.46. The fraction of sp³-hybridized carbons (Fsp3) is 0.190. The SMILES string of the molecule is CC1Cc2ccccc2N1c1ncc(C(=O)NCc2ccc(F)cc2)cn1. The molecule has 2 aromatic carbocycles. The molecule has 0 fully saturated rings. The summed E-state index contributed by atoms with van der Waals surface area (Å²) in [7, 11) is 0. The van der Waals surface area contributed by atoms with Gasteiger partial charge in [0.05, 0.1) is 5.56 Å². The van der Waals surface area contributed by atoms with Gasteiger partial charge in [0.15, 0.2) is 0 Å². The third-order valence-electron chi connectivity index (χ3n) is 4.69. The molecule has 3 aromatic rings.